The fourth-order valence-corrected chi connectivity index (χ4v) is 4.72. The van der Waals surface area contributed by atoms with Gasteiger partial charge in [-0.3, -0.25) is 14.6 Å². The molecule has 0 spiro atoms. The molecule has 0 bridgehead atoms. The van der Waals surface area contributed by atoms with Crippen LogP contribution in [0.5, 0.6) is 0 Å². The second-order valence-electron chi connectivity index (χ2n) is 9.55. The van der Waals surface area contributed by atoms with Crippen molar-refractivity contribution < 1.29 is 27.4 Å². The van der Waals surface area contributed by atoms with Gasteiger partial charge in [0.15, 0.2) is 0 Å². The number of aromatic nitrogens is 1. The normalized spacial score (nSPS) is 25.2. The van der Waals surface area contributed by atoms with E-state index < -0.39 is 23.0 Å². The van der Waals surface area contributed by atoms with Gasteiger partial charge in [-0.15, -0.1) is 0 Å². The van der Waals surface area contributed by atoms with Crippen molar-refractivity contribution in [2.45, 2.75) is 64.0 Å². The van der Waals surface area contributed by atoms with E-state index in [1.165, 1.54) is 12.1 Å². The number of carbonyl (C=O) groups excluding carboxylic acids is 1. The fourth-order valence-electron chi connectivity index (χ4n) is 4.72. The summed E-state index contributed by atoms with van der Waals surface area (Å²) in [5.41, 5.74) is -2.66. The van der Waals surface area contributed by atoms with Gasteiger partial charge in [0, 0.05) is 45.8 Å². The Morgan fingerprint density at radius 2 is 1.91 bits per heavy atom. The quantitative estimate of drug-likeness (QED) is 0.583. The predicted octanol–water partition coefficient (Wildman–Crippen LogP) is 3.65. The van der Waals surface area contributed by atoms with Gasteiger partial charge in [-0.05, 0) is 46.2 Å². The summed E-state index contributed by atoms with van der Waals surface area (Å²) in [5.74, 6) is -0.350. The second kappa shape index (κ2) is 9.75. The summed E-state index contributed by atoms with van der Waals surface area (Å²) in [4.78, 5) is 21.9. The van der Waals surface area contributed by atoms with Crippen LogP contribution in [0.25, 0.3) is 0 Å². The van der Waals surface area contributed by atoms with Crippen LogP contribution in [-0.4, -0.2) is 83.7 Å². The van der Waals surface area contributed by atoms with E-state index in [9.17, 15) is 18.0 Å². The number of pyridine rings is 1. The standard InChI is InChI=1S/C23H34F3N3O3/c1-17(2)31-15-13-28-9-11-29(12-10-28)22(8-14-32-21(3,4)16-22)20(30)18-6-5-7-19(27-18)23(24,25)26/h5-7,17H,8-16H2,1-4H3. The number of nitrogens with zero attached hydrogens (tertiary/aromatic N) is 3. The lowest BCUT2D eigenvalue weighted by Crippen LogP contribution is -2.65. The van der Waals surface area contributed by atoms with Gasteiger partial charge in [-0.25, -0.2) is 4.98 Å². The first kappa shape index (κ1) is 25.1. The smallest absolute Gasteiger partial charge is 0.377 e. The molecule has 0 aromatic carbocycles. The van der Waals surface area contributed by atoms with Crippen LogP contribution in [0, 0.1) is 0 Å². The topological polar surface area (TPSA) is 54.9 Å². The van der Waals surface area contributed by atoms with Crippen molar-refractivity contribution in [3.63, 3.8) is 0 Å². The number of Topliss-reactive ketones (excluding diaryl/α,β-unsaturated/α-hetero) is 1. The Morgan fingerprint density at radius 1 is 1.22 bits per heavy atom. The Labute approximate surface area is 188 Å². The molecule has 3 rings (SSSR count). The number of hydrogen-bond donors (Lipinski definition) is 0. The highest BCUT2D eigenvalue weighted by Gasteiger charge is 2.51. The van der Waals surface area contributed by atoms with Crippen LogP contribution in [0.15, 0.2) is 18.2 Å². The number of carbonyl (C=O) groups is 1. The highest BCUT2D eigenvalue weighted by Crippen LogP contribution is 2.39. The number of alkyl halides is 3. The minimum absolute atomic E-state index is 0.134. The summed E-state index contributed by atoms with van der Waals surface area (Å²) in [6, 6.07) is 3.55. The number of ketones is 1. The van der Waals surface area contributed by atoms with Gasteiger partial charge in [0.2, 0.25) is 5.78 Å². The van der Waals surface area contributed by atoms with Crippen molar-refractivity contribution in [3.8, 4) is 0 Å². The van der Waals surface area contributed by atoms with E-state index in [4.69, 9.17) is 9.47 Å². The Hall–Kier alpha value is -1.55. The summed E-state index contributed by atoms with van der Waals surface area (Å²) in [6.45, 7) is 12.5. The number of rotatable bonds is 7. The van der Waals surface area contributed by atoms with Crippen LogP contribution in [0.1, 0.15) is 56.7 Å². The third-order valence-corrected chi connectivity index (χ3v) is 6.26. The molecule has 2 fully saturated rings. The maximum atomic E-state index is 13.8. The van der Waals surface area contributed by atoms with E-state index in [0.29, 0.717) is 39.1 Å². The van der Waals surface area contributed by atoms with Crippen molar-refractivity contribution in [1.82, 2.24) is 14.8 Å². The molecule has 0 saturated carbocycles. The number of hydrogen-bond acceptors (Lipinski definition) is 6. The molecule has 2 aliphatic rings. The second-order valence-corrected chi connectivity index (χ2v) is 9.55. The highest BCUT2D eigenvalue weighted by molar-refractivity contribution is 6.02. The van der Waals surface area contributed by atoms with Gasteiger partial charge in [0.25, 0.3) is 0 Å². The molecule has 0 aliphatic carbocycles. The molecule has 1 atom stereocenters. The van der Waals surface area contributed by atoms with Gasteiger partial charge in [-0.1, -0.05) is 6.07 Å². The van der Waals surface area contributed by atoms with Gasteiger partial charge in [-0.2, -0.15) is 13.2 Å². The van der Waals surface area contributed by atoms with Crippen molar-refractivity contribution in [1.29, 1.82) is 0 Å². The molecule has 1 unspecified atom stereocenters. The number of halogens is 3. The molecular weight excluding hydrogens is 423 g/mol. The van der Waals surface area contributed by atoms with Crippen LogP contribution in [-0.2, 0) is 15.7 Å². The Balaban J connectivity index is 1.81. The van der Waals surface area contributed by atoms with Gasteiger partial charge >= 0.3 is 6.18 Å². The summed E-state index contributed by atoms with van der Waals surface area (Å²) >= 11 is 0. The molecule has 3 heterocycles. The predicted molar refractivity (Wildman–Crippen MR) is 115 cm³/mol. The summed E-state index contributed by atoms with van der Waals surface area (Å²) in [5, 5.41) is 0. The molecule has 1 aromatic heterocycles. The molecule has 2 saturated heterocycles. The van der Waals surface area contributed by atoms with E-state index in [-0.39, 0.29) is 17.6 Å². The minimum Gasteiger partial charge on any atom is -0.377 e. The molecule has 9 heteroatoms. The zero-order valence-electron chi connectivity index (χ0n) is 19.4. The van der Waals surface area contributed by atoms with Crippen LogP contribution in [0.3, 0.4) is 0 Å². The maximum Gasteiger partial charge on any atom is 0.433 e. The summed E-state index contributed by atoms with van der Waals surface area (Å²) in [6.07, 6.45) is -3.57. The lowest BCUT2D eigenvalue weighted by atomic mass is 9.75. The van der Waals surface area contributed by atoms with Crippen molar-refractivity contribution in [2.75, 3.05) is 45.9 Å². The molecule has 2 aliphatic heterocycles. The zero-order chi connectivity index (χ0) is 23.6. The first-order valence-corrected chi connectivity index (χ1v) is 11.2. The van der Waals surface area contributed by atoms with E-state index in [0.717, 1.165) is 25.7 Å². The number of piperazine rings is 1. The monoisotopic (exact) mass is 457 g/mol. The average Bonchev–Trinajstić information content (AvgIpc) is 2.72. The average molecular weight is 458 g/mol. The first-order chi connectivity index (χ1) is 14.9. The van der Waals surface area contributed by atoms with E-state index >= 15 is 0 Å². The molecule has 32 heavy (non-hydrogen) atoms. The van der Waals surface area contributed by atoms with Crippen molar-refractivity contribution in [2.24, 2.45) is 0 Å². The van der Waals surface area contributed by atoms with Gasteiger partial charge in [0.05, 0.1) is 23.9 Å². The summed E-state index contributed by atoms with van der Waals surface area (Å²) < 4.78 is 51.2. The SMILES string of the molecule is CC(C)OCCN1CCN(C2(C(=O)c3cccc(C(F)(F)F)n3)CCOC(C)(C)C2)CC1. The number of ether oxygens (including phenoxy) is 2. The van der Waals surface area contributed by atoms with Crippen LogP contribution >= 0.6 is 0 Å². The maximum absolute atomic E-state index is 13.8. The lowest BCUT2D eigenvalue weighted by molar-refractivity contribution is -0.141. The van der Waals surface area contributed by atoms with Crippen LogP contribution in [0.4, 0.5) is 13.2 Å². The molecule has 6 nitrogen and oxygen atoms in total. The van der Waals surface area contributed by atoms with E-state index in [2.05, 4.69) is 14.8 Å². The van der Waals surface area contributed by atoms with E-state index in [1.54, 1.807) is 0 Å². The van der Waals surface area contributed by atoms with Gasteiger partial charge in [0.1, 0.15) is 11.4 Å². The van der Waals surface area contributed by atoms with E-state index in [1.807, 2.05) is 27.7 Å². The Bertz CT molecular complexity index is 792. The first-order valence-electron chi connectivity index (χ1n) is 11.2. The largest absolute Gasteiger partial charge is 0.433 e. The molecule has 1 aromatic rings. The lowest BCUT2D eigenvalue weighted by Gasteiger charge is -2.52. The Kier molecular flexibility index (Phi) is 7.64. The summed E-state index contributed by atoms with van der Waals surface area (Å²) in [7, 11) is 0. The molecule has 0 N–H and O–H groups in total. The third kappa shape index (κ3) is 5.87. The third-order valence-electron chi connectivity index (χ3n) is 6.26. The van der Waals surface area contributed by atoms with Crippen molar-refractivity contribution in [3.05, 3.63) is 29.6 Å². The van der Waals surface area contributed by atoms with Crippen LogP contribution < -0.4 is 0 Å². The zero-order valence-corrected chi connectivity index (χ0v) is 19.4. The molecule has 180 valence electrons. The molecule has 0 amide bonds. The molecular formula is C23H34F3N3O3. The van der Waals surface area contributed by atoms with Crippen molar-refractivity contribution >= 4 is 5.78 Å². The fraction of sp³-hybridized carbons (Fsp3) is 0.739. The molecule has 0 radical (unpaired) electrons. The Morgan fingerprint density at radius 3 is 2.50 bits per heavy atom. The highest BCUT2D eigenvalue weighted by atomic mass is 19.4. The van der Waals surface area contributed by atoms with Crippen LogP contribution in [0.2, 0.25) is 0 Å². The minimum atomic E-state index is -4.60. The van der Waals surface area contributed by atoms with Gasteiger partial charge < -0.3 is 9.47 Å².